The highest BCUT2D eigenvalue weighted by Gasteiger charge is 2.19. The maximum Gasteiger partial charge on any atom is 0.109 e. The second kappa shape index (κ2) is 3.31. The van der Waals surface area contributed by atoms with Crippen LogP contribution in [-0.2, 0) is 4.74 Å². The van der Waals surface area contributed by atoms with E-state index in [0.29, 0.717) is 6.04 Å². The van der Waals surface area contributed by atoms with Crippen LogP contribution in [0.25, 0.3) is 0 Å². The molecule has 0 aromatic rings. The van der Waals surface area contributed by atoms with Gasteiger partial charge >= 0.3 is 0 Å². The van der Waals surface area contributed by atoms with Gasteiger partial charge < -0.3 is 10.1 Å². The number of rotatable bonds is 1. The molecule has 0 saturated heterocycles. The second-order valence-corrected chi connectivity index (χ2v) is 3.47. The van der Waals surface area contributed by atoms with E-state index in [-0.39, 0.29) is 0 Å². The molecule has 12 heavy (non-hydrogen) atoms. The summed E-state index contributed by atoms with van der Waals surface area (Å²) in [5.41, 5.74) is 3.00. The minimum absolute atomic E-state index is 0.673. The Balaban J connectivity index is 2.11. The third kappa shape index (κ3) is 1.39. The molecule has 1 unspecified atom stereocenters. The number of allylic oxidation sites excluding steroid dienone is 1. The van der Waals surface area contributed by atoms with Crippen LogP contribution in [-0.4, -0.2) is 19.7 Å². The topological polar surface area (TPSA) is 21.3 Å². The smallest absolute Gasteiger partial charge is 0.109 e. The summed E-state index contributed by atoms with van der Waals surface area (Å²) in [6.45, 7) is 0.822. The summed E-state index contributed by atoms with van der Waals surface area (Å²) < 4.78 is 5.25. The first-order chi connectivity index (χ1) is 5.90. The van der Waals surface area contributed by atoms with Crippen LogP contribution in [0, 0.1) is 0 Å². The maximum atomic E-state index is 5.25. The molecule has 2 nitrogen and oxygen atoms in total. The molecule has 2 rings (SSSR count). The van der Waals surface area contributed by atoms with Crippen LogP contribution in [0.2, 0.25) is 0 Å². The van der Waals surface area contributed by atoms with E-state index in [1.165, 1.54) is 30.4 Å². The predicted molar refractivity (Wildman–Crippen MR) is 48.8 cm³/mol. The first-order valence-electron chi connectivity index (χ1n) is 4.56. The standard InChI is InChI=1S/C10H15NO/c1-11-10-3-2-9-7-12-5-4-8(9)6-10/h4-5,10-11H,2-3,6-7H2,1H3. The molecule has 0 spiro atoms. The Morgan fingerprint density at radius 1 is 1.58 bits per heavy atom. The van der Waals surface area contributed by atoms with Gasteiger partial charge in [-0.3, -0.25) is 0 Å². The van der Waals surface area contributed by atoms with Crippen molar-refractivity contribution < 1.29 is 4.74 Å². The summed E-state index contributed by atoms with van der Waals surface area (Å²) >= 11 is 0. The second-order valence-electron chi connectivity index (χ2n) is 3.47. The van der Waals surface area contributed by atoms with E-state index < -0.39 is 0 Å². The zero-order chi connectivity index (χ0) is 8.39. The minimum Gasteiger partial charge on any atom is -0.497 e. The van der Waals surface area contributed by atoms with Crippen LogP contribution in [0.4, 0.5) is 0 Å². The van der Waals surface area contributed by atoms with Crippen molar-refractivity contribution in [3.63, 3.8) is 0 Å². The summed E-state index contributed by atoms with van der Waals surface area (Å²) in [6, 6.07) is 0.673. The van der Waals surface area contributed by atoms with Gasteiger partial charge in [-0.2, -0.15) is 0 Å². The fraction of sp³-hybridized carbons (Fsp3) is 0.600. The quantitative estimate of drug-likeness (QED) is 0.637. The van der Waals surface area contributed by atoms with Gasteiger partial charge in [-0.15, -0.1) is 0 Å². The molecule has 0 saturated carbocycles. The molecule has 1 aliphatic carbocycles. The summed E-state index contributed by atoms with van der Waals surface area (Å²) in [5.74, 6) is 0. The largest absolute Gasteiger partial charge is 0.497 e. The van der Waals surface area contributed by atoms with Crippen molar-refractivity contribution in [2.24, 2.45) is 0 Å². The van der Waals surface area contributed by atoms with Gasteiger partial charge in [0.15, 0.2) is 0 Å². The van der Waals surface area contributed by atoms with Gasteiger partial charge in [0.2, 0.25) is 0 Å². The van der Waals surface area contributed by atoms with Gasteiger partial charge in [-0.05, 0) is 43.5 Å². The Hall–Kier alpha value is -0.760. The van der Waals surface area contributed by atoms with Crippen LogP contribution in [0.1, 0.15) is 19.3 Å². The molecule has 1 atom stereocenters. The van der Waals surface area contributed by atoms with E-state index in [2.05, 4.69) is 11.4 Å². The van der Waals surface area contributed by atoms with E-state index in [0.717, 1.165) is 6.61 Å². The van der Waals surface area contributed by atoms with E-state index in [1.54, 1.807) is 0 Å². The fourth-order valence-corrected chi connectivity index (χ4v) is 1.90. The Labute approximate surface area is 73.3 Å². The third-order valence-corrected chi connectivity index (χ3v) is 2.75. The van der Waals surface area contributed by atoms with Gasteiger partial charge in [0.05, 0.1) is 6.26 Å². The van der Waals surface area contributed by atoms with Crippen molar-refractivity contribution in [1.82, 2.24) is 5.32 Å². The zero-order valence-electron chi connectivity index (χ0n) is 7.47. The number of hydrogen-bond acceptors (Lipinski definition) is 2. The van der Waals surface area contributed by atoms with Crippen LogP contribution >= 0.6 is 0 Å². The molecular formula is C10H15NO. The van der Waals surface area contributed by atoms with Crippen LogP contribution in [0.15, 0.2) is 23.5 Å². The Morgan fingerprint density at radius 2 is 2.50 bits per heavy atom. The van der Waals surface area contributed by atoms with Crippen LogP contribution < -0.4 is 5.32 Å². The van der Waals surface area contributed by atoms with E-state index >= 15 is 0 Å². The highest BCUT2D eigenvalue weighted by molar-refractivity contribution is 5.31. The Kier molecular flexibility index (Phi) is 2.17. The number of hydrogen-bond donors (Lipinski definition) is 1. The SMILES string of the molecule is CNC1CCC2=C(C=COC2)C1. The van der Waals surface area contributed by atoms with Crippen LogP contribution in [0.5, 0.6) is 0 Å². The van der Waals surface area contributed by atoms with Crippen molar-refractivity contribution >= 4 is 0 Å². The van der Waals surface area contributed by atoms with E-state index in [4.69, 9.17) is 4.74 Å². The lowest BCUT2D eigenvalue weighted by atomic mass is 9.88. The molecular weight excluding hydrogens is 150 g/mol. The van der Waals surface area contributed by atoms with Gasteiger partial charge in [-0.25, -0.2) is 0 Å². The van der Waals surface area contributed by atoms with Crippen LogP contribution in [0.3, 0.4) is 0 Å². The normalized spacial score (nSPS) is 28.2. The van der Waals surface area contributed by atoms with E-state index in [9.17, 15) is 0 Å². The molecule has 0 amide bonds. The summed E-state index contributed by atoms with van der Waals surface area (Å²) in [6.07, 6.45) is 7.56. The average Bonchev–Trinajstić information content (AvgIpc) is 2.17. The van der Waals surface area contributed by atoms with Crippen molar-refractivity contribution in [1.29, 1.82) is 0 Å². The minimum atomic E-state index is 0.673. The van der Waals surface area contributed by atoms with Gasteiger partial charge in [0.1, 0.15) is 6.61 Å². The fourth-order valence-electron chi connectivity index (χ4n) is 1.90. The highest BCUT2D eigenvalue weighted by atomic mass is 16.5. The molecule has 2 heteroatoms. The predicted octanol–water partition coefficient (Wildman–Crippen LogP) is 1.60. The maximum absolute atomic E-state index is 5.25. The third-order valence-electron chi connectivity index (χ3n) is 2.75. The van der Waals surface area contributed by atoms with Gasteiger partial charge in [0.25, 0.3) is 0 Å². The summed E-state index contributed by atoms with van der Waals surface area (Å²) in [7, 11) is 2.04. The molecule has 2 aliphatic rings. The van der Waals surface area contributed by atoms with Crippen molar-refractivity contribution in [2.45, 2.75) is 25.3 Å². The Morgan fingerprint density at radius 3 is 3.33 bits per heavy atom. The highest BCUT2D eigenvalue weighted by Crippen LogP contribution is 2.28. The molecule has 66 valence electrons. The number of ether oxygens (including phenoxy) is 1. The first-order valence-corrected chi connectivity index (χ1v) is 4.56. The lowest BCUT2D eigenvalue weighted by Gasteiger charge is -2.27. The molecule has 0 bridgehead atoms. The molecule has 0 radical (unpaired) electrons. The lowest BCUT2D eigenvalue weighted by molar-refractivity contribution is 0.262. The Bertz CT molecular complexity index is 230. The molecule has 0 fully saturated rings. The number of nitrogens with one attached hydrogen (secondary N) is 1. The van der Waals surface area contributed by atoms with Crippen molar-refractivity contribution in [2.75, 3.05) is 13.7 Å². The molecule has 1 heterocycles. The van der Waals surface area contributed by atoms with Crippen molar-refractivity contribution in [3.8, 4) is 0 Å². The van der Waals surface area contributed by atoms with Crippen molar-refractivity contribution in [3.05, 3.63) is 23.5 Å². The lowest BCUT2D eigenvalue weighted by Crippen LogP contribution is -2.29. The zero-order valence-corrected chi connectivity index (χ0v) is 7.47. The summed E-state index contributed by atoms with van der Waals surface area (Å²) in [5, 5.41) is 3.33. The van der Waals surface area contributed by atoms with Gasteiger partial charge in [0, 0.05) is 6.04 Å². The average molecular weight is 165 g/mol. The molecule has 1 N–H and O–H groups in total. The monoisotopic (exact) mass is 165 g/mol. The van der Waals surface area contributed by atoms with Gasteiger partial charge in [-0.1, -0.05) is 0 Å². The van der Waals surface area contributed by atoms with E-state index in [1.807, 2.05) is 13.3 Å². The molecule has 0 aromatic carbocycles. The molecule has 0 aromatic heterocycles. The first kappa shape index (κ1) is 7.87. The summed E-state index contributed by atoms with van der Waals surface area (Å²) in [4.78, 5) is 0. The molecule has 1 aliphatic heterocycles.